The Morgan fingerprint density at radius 1 is 1.08 bits per heavy atom. The summed E-state index contributed by atoms with van der Waals surface area (Å²) < 4.78 is 46.3. The molecule has 9 nitrogen and oxygen atoms in total. The SMILES string of the molecule is CC1=CCC(C(=O)Nc2ccc(CN3CCCN(C)CC3)c(C(F)(F)F)c2)C=C1C#Cc1cnc2c(Nc3cnn(C(C)C)c3)cccn12. The van der Waals surface area contributed by atoms with Gasteiger partial charge in [-0.1, -0.05) is 24.1 Å². The molecule has 12 heteroatoms. The lowest BCUT2D eigenvalue weighted by atomic mass is 9.90. The number of carbonyl (C=O) groups is 1. The number of imidazole rings is 1. The third-order valence-electron chi connectivity index (χ3n) is 8.97. The van der Waals surface area contributed by atoms with Gasteiger partial charge in [0.05, 0.1) is 35.2 Å². The van der Waals surface area contributed by atoms with E-state index in [9.17, 15) is 18.0 Å². The number of pyridine rings is 1. The maximum Gasteiger partial charge on any atom is 0.416 e. The number of nitrogens with one attached hydrogen (secondary N) is 2. The standard InChI is InChI=1S/C37H41F3N8O/c1-25(2)48-24-31(21-42-48)43-34-7-5-16-47-32(22-41-35(34)47)13-11-27-19-28(9-8-26(27)3)36(49)44-30-12-10-29(33(20-30)37(38,39)40)23-46-15-6-14-45(4)17-18-46/h5,7-8,10,12,16,19-22,24-25,28,43H,6,9,14-15,17-18,23H2,1-4H3,(H,44,49). The van der Waals surface area contributed by atoms with Crippen molar-refractivity contribution in [1.29, 1.82) is 0 Å². The molecule has 2 N–H and O–H groups in total. The molecular weight excluding hydrogens is 629 g/mol. The number of hydrogen-bond donors (Lipinski definition) is 2. The van der Waals surface area contributed by atoms with E-state index in [2.05, 4.69) is 56.2 Å². The molecule has 1 fully saturated rings. The number of anilines is 3. The molecule has 1 unspecified atom stereocenters. The number of benzene rings is 1. The predicted molar refractivity (Wildman–Crippen MR) is 185 cm³/mol. The highest BCUT2D eigenvalue weighted by Crippen LogP contribution is 2.35. The number of amides is 1. The second-order valence-electron chi connectivity index (χ2n) is 13.0. The van der Waals surface area contributed by atoms with E-state index in [0.717, 1.165) is 49.1 Å². The predicted octanol–water partition coefficient (Wildman–Crippen LogP) is 6.89. The van der Waals surface area contributed by atoms with Crippen molar-refractivity contribution >= 4 is 28.6 Å². The van der Waals surface area contributed by atoms with Crippen LogP contribution in [0.15, 0.2) is 78.4 Å². The van der Waals surface area contributed by atoms with Gasteiger partial charge in [-0.3, -0.25) is 18.8 Å². The van der Waals surface area contributed by atoms with Crippen LogP contribution in [0, 0.1) is 17.8 Å². The van der Waals surface area contributed by atoms with Gasteiger partial charge in [-0.25, -0.2) is 4.98 Å². The number of halogens is 3. The Kier molecular flexibility index (Phi) is 9.94. The van der Waals surface area contributed by atoms with E-state index in [-0.39, 0.29) is 29.7 Å². The van der Waals surface area contributed by atoms with Crippen molar-refractivity contribution in [2.45, 2.75) is 52.4 Å². The van der Waals surface area contributed by atoms with Gasteiger partial charge in [-0.2, -0.15) is 18.3 Å². The Balaban J connectivity index is 1.17. The smallest absolute Gasteiger partial charge is 0.350 e. The molecule has 1 aliphatic heterocycles. The summed E-state index contributed by atoms with van der Waals surface area (Å²) in [5.74, 6) is 5.42. The summed E-state index contributed by atoms with van der Waals surface area (Å²) in [6, 6.07) is 8.19. The van der Waals surface area contributed by atoms with Crippen LogP contribution < -0.4 is 10.6 Å². The van der Waals surface area contributed by atoms with E-state index in [1.54, 1.807) is 24.5 Å². The molecule has 2 aliphatic rings. The molecule has 0 bridgehead atoms. The summed E-state index contributed by atoms with van der Waals surface area (Å²) in [7, 11) is 2.03. The van der Waals surface area contributed by atoms with Gasteiger partial charge >= 0.3 is 6.18 Å². The van der Waals surface area contributed by atoms with E-state index >= 15 is 0 Å². The Labute approximate surface area is 284 Å². The molecule has 1 aromatic carbocycles. The van der Waals surface area contributed by atoms with Gasteiger partial charge in [0, 0.05) is 49.3 Å². The molecule has 1 saturated heterocycles. The van der Waals surface area contributed by atoms with E-state index in [4.69, 9.17) is 0 Å². The molecule has 4 aromatic rings. The van der Waals surface area contributed by atoms with Crippen molar-refractivity contribution < 1.29 is 18.0 Å². The normalized spacial score (nSPS) is 17.7. The summed E-state index contributed by atoms with van der Waals surface area (Å²) in [4.78, 5) is 22.2. The largest absolute Gasteiger partial charge is 0.416 e. The summed E-state index contributed by atoms with van der Waals surface area (Å²) in [5, 5.41) is 10.5. The molecule has 4 heterocycles. The van der Waals surface area contributed by atoms with Crippen molar-refractivity contribution in [3.8, 4) is 11.8 Å². The van der Waals surface area contributed by atoms with Gasteiger partial charge in [0.25, 0.3) is 0 Å². The van der Waals surface area contributed by atoms with Crippen LogP contribution in [-0.4, -0.2) is 68.1 Å². The van der Waals surface area contributed by atoms with Crippen molar-refractivity contribution in [3.63, 3.8) is 0 Å². The fourth-order valence-electron chi connectivity index (χ4n) is 6.10. The highest BCUT2D eigenvalue weighted by Gasteiger charge is 2.34. The van der Waals surface area contributed by atoms with Crippen LogP contribution in [0.1, 0.15) is 56.5 Å². The fraction of sp³-hybridized carbons (Fsp3) is 0.378. The van der Waals surface area contributed by atoms with Crippen molar-refractivity contribution in [1.82, 2.24) is 29.0 Å². The molecule has 49 heavy (non-hydrogen) atoms. The van der Waals surface area contributed by atoms with Crippen LogP contribution in [0.3, 0.4) is 0 Å². The molecule has 1 atom stereocenters. The lowest BCUT2D eigenvalue weighted by Gasteiger charge is -2.23. The Morgan fingerprint density at radius 3 is 2.69 bits per heavy atom. The first-order valence-corrected chi connectivity index (χ1v) is 16.5. The van der Waals surface area contributed by atoms with Gasteiger partial charge in [-0.15, -0.1) is 0 Å². The van der Waals surface area contributed by atoms with Crippen LogP contribution in [0.4, 0.5) is 30.2 Å². The summed E-state index contributed by atoms with van der Waals surface area (Å²) >= 11 is 0. The Bertz CT molecular complexity index is 1960. The minimum atomic E-state index is -4.54. The van der Waals surface area contributed by atoms with E-state index < -0.39 is 17.7 Å². The van der Waals surface area contributed by atoms with E-state index in [1.807, 2.05) is 53.7 Å². The maximum absolute atomic E-state index is 14.2. The zero-order valence-corrected chi connectivity index (χ0v) is 28.2. The first-order valence-electron chi connectivity index (χ1n) is 16.5. The second kappa shape index (κ2) is 14.3. The minimum absolute atomic E-state index is 0.121. The Hall–Kier alpha value is -4.86. The number of allylic oxidation sites excluding steroid dienone is 3. The zero-order chi connectivity index (χ0) is 34.7. The first kappa shape index (κ1) is 34.0. The van der Waals surface area contributed by atoms with Crippen LogP contribution in [-0.2, 0) is 17.5 Å². The van der Waals surface area contributed by atoms with Crippen LogP contribution in [0.25, 0.3) is 5.65 Å². The summed E-state index contributed by atoms with van der Waals surface area (Å²) in [6.07, 6.45) is 7.81. The van der Waals surface area contributed by atoms with Crippen molar-refractivity contribution in [2.24, 2.45) is 5.92 Å². The van der Waals surface area contributed by atoms with Gasteiger partial charge in [0.2, 0.25) is 5.91 Å². The first-order chi connectivity index (χ1) is 23.4. The van der Waals surface area contributed by atoms with Crippen LogP contribution >= 0.6 is 0 Å². The van der Waals surface area contributed by atoms with Gasteiger partial charge in [0.1, 0.15) is 5.69 Å². The molecule has 0 saturated carbocycles. The molecule has 0 radical (unpaired) electrons. The number of hydrogen-bond acceptors (Lipinski definition) is 6. The average Bonchev–Trinajstić information content (AvgIpc) is 3.66. The van der Waals surface area contributed by atoms with Gasteiger partial charge in [-0.05, 0) is 95.1 Å². The topological polar surface area (TPSA) is 82.7 Å². The molecule has 1 amide bonds. The third kappa shape index (κ3) is 8.07. The lowest BCUT2D eigenvalue weighted by Crippen LogP contribution is -2.29. The highest BCUT2D eigenvalue weighted by molar-refractivity contribution is 5.94. The van der Waals surface area contributed by atoms with E-state index in [0.29, 0.717) is 29.9 Å². The van der Waals surface area contributed by atoms with Gasteiger partial charge < -0.3 is 15.5 Å². The average molecular weight is 671 g/mol. The Morgan fingerprint density at radius 2 is 1.92 bits per heavy atom. The molecular formula is C37H41F3N8O. The molecule has 0 spiro atoms. The van der Waals surface area contributed by atoms with E-state index in [1.165, 1.54) is 6.07 Å². The number of rotatable bonds is 7. The summed E-state index contributed by atoms with van der Waals surface area (Å²) in [6.45, 7) is 9.46. The molecule has 256 valence electrons. The lowest BCUT2D eigenvalue weighted by molar-refractivity contribution is -0.138. The number of carbonyl (C=O) groups excluding carboxylic acids is 1. The zero-order valence-electron chi connectivity index (χ0n) is 28.2. The molecule has 3 aromatic heterocycles. The number of likely N-dealkylation sites (N-methyl/N-ethyl adjacent to an activating group) is 1. The number of nitrogens with zero attached hydrogens (tertiary/aromatic N) is 6. The van der Waals surface area contributed by atoms with Crippen LogP contribution in [0.5, 0.6) is 0 Å². The quantitative estimate of drug-likeness (QED) is 0.209. The maximum atomic E-state index is 14.2. The van der Waals surface area contributed by atoms with Gasteiger partial charge in [0.15, 0.2) is 5.65 Å². The summed E-state index contributed by atoms with van der Waals surface area (Å²) in [5.41, 5.74) is 4.25. The monoisotopic (exact) mass is 670 g/mol. The van der Waals surface area contributed by atoms with Crippen molar-refractivity contribution in [2.75, 3.05) is 43.9 Å². The number of alkyl halides is 3. The fourth-order valence-corrected chi connectivity index (χ4v) is 6.10. The second-order valence-corrected chi connectivity index (χ2v) is 13.0. The number of fused-ring (bicyclic) bond motifs is 1. The highest BCUT2D eigenvalue weighted by atomic mass is 19.4. The molecule has 6 rings (SSSR count). The molecule has 1 aliphatic carbocycles. The minimum Gasteiger partial charge on any atom is -0.350 e. The third-order valence-corrected chi connectivity index (χ3v) is 8.97. The number of aromatic nitrogens is 4. The van der Waals surface area contributed by atoms with Crippen molar-refractivity contribution in [3.05, 3.63) is 95.2 Å². The van der Waals surface area contributed by atoms with Crippen LogP contribution in [0.2, 0.25) is 0 Å².